The largest absolute Gasteiger partial charge is 0.454 e. The predicted octanol–water partition coefficient (Wildman–Crippen LogP) is 4.49. The average Bonchev–Trinajstić information content (AvgIpc) is 2.98. The fourth-order valence-corrected chi connectivity index (χ4v) is 2.40. The summed E-state index contributed by atoms with van der Waals surface area (Å²) in [5, 5.41) is 4.44. The second-order valence-electron chi connectivity index (χ2n) is 4.05. The molecule has 0 bridgehead atoms. The lowest BCUT2D eigenvalue weighted by Gasteiger charge is -2.03. The Morgan fingerprint density at radius 3 is 2.67 bits per heavy atom. The molecule has 2 rings (SSSR count). The van der Waals surface area contributed by atoms with E-state index < -0.39 is 5.97 Å². The Morgan fingerprint density at radius 1 is 1.19 bits per heavy atom. The van der Waals surface area contributed by atoms with Crippen molar-refractivity contribution < 1.29 is 14.3 Å². The molecule has 0 saturated carbocycles. The third-order valence-corrected chi connectivity index (χ3v) is 3.98. The minimum atomic E-state index is -0.574. The maximum atomic E-state index is 11.8. The monoisotopic (exact) mass is 340 g/mol. The molecule has 0 aliphatic heterocycles. The molecule has 0 saturated heterocycles. The summed E-state index contributed by atoms with van der Waals surface area (Å²) >= 11 is 13.1. The molecule has 0 unspecified atom stereocenters. The van der Waals surface area contributed by atoms with Crippen molar-refractivity contribution in [3.8, 4) is 0 Å². The van der Waals surface area contributed by atoms with Crippen LogP contribution in [0, 0.1) is 0 Å². The highest BCUT2D eigenvalue weighted by molar-refractivity contribution is 7.08. The Labute approximate surface area is 135 Å². The van der Waals surface area contributed by atoms with Crippen LogP contribution >= 0.6 is 34.5 Å². The van der Waals surface area contributed by atoms with Gasteiger partial charge in [0.05, 0.1) is 10.0 Å². The van der Waals surface area contributed by atoms with Crippen molar-refractivity contribution in [3.05, 3.63) is 62.3 Å². The Bertz CT molecular complexity index is 678. The molecule has 0 amide bonds. The van der Waals surface area contributed by atoms with Gasteiger partial charge in [-0.1, -0.05) is 23.2 Å². The van der Waals surface area contributed by atoms with Crippen molar-refractivity contribution in [1.29, 1.82) is 0 Å². The predicted molar refractivity (Wildman–Crippen MR) is 85.1 cm³/mol. The molecule has 0 spiro atoms. The number of Topliss-reactive ketones (excluding diaryl/α,β-unsaturated/α-hetero) is 1. The first-order chi connectivity index (χ1) is 10.1. The van der Waals surface area contributed by atoms with Gasteiger partial charge in [-0.2, -0.15) is 11.3 Å². The Morgan fingerprint density at radius 2 is 2.00 bits per heavy atom. The SMILES string of the molecule is O=C(/C=C/c1ccsc1)OCC(=O)c1ccc(Cl)c(Cl)c1. The van der Waals surface area contributed by atoms with Crippen LogP contribution in [0.3, 0.4) is 0 Å². The highest BCUT2D eigenvalue weighted by Crippen LogP contribution is 2.22. The molecule has 0 atom stereocenters. The van der Waals surface area contributed by atoms with E-state index in [1.165, 1.54) is 35.6 Å². The van der Waals surface area contributed by atoms with E-state index in [9.17, 15) is 9.59 Å². The lowest BCUT2D eigenvalue weighted by Crippen LogP contribution is -2.12. The lowest BCUT2D eigenvalue weighted by molar-refractivity contribution is -0.136. The van der Waals surface area contributed by atoms with Crippen LogP contribution in [-0.4, -0.2) is 18.4 Å². The number of ether oxygens (including phenoxy) is 1. The fraction of sp³-hybridized carbons (Fsp3) is 0.0667. The van der Waals surface area contributed by atoms with Gasteiger partial charge in [0.15, 0.2) is 12.4 Å². The smallest absolute Gasteiger partial charge is 0.331 e. The Hall–Kier alpha value is -1.62. The summed E-state index contributed by atoms with van der Waals surface area (Å²) in [7, 11) is 0. The molecule has 0 aliphatic carbocycles. The molecule has 2 aromatic rings. The van der Waals surface area contributed by atoms with E-state index in [2.05, 4.69) is 0 Å². The van der Waals surface area contributed by atoms with E-state index in [0.29, 0.717) is 10.6 Å². The molecule has 0 fully saturated rings. The summed E-state index contributed by atoms with van der Waals surface area (Å²) in [5.74, 6) is -0.916. The number of hydrogen-bond acceptors (Lipinski definition) is 4. The molecule has 0 N–H and O–H groups in total. The highest BCUT2D eigenvalue weighted by Gasteiger charge is 2.10. The third-order valence-electron chi connectivity index (χ3n) is 2.54. The second-order valence-corrected chi connectivity index (χ2v) is 5.64. The van der Waals surface area contributed by atoms with Gasteiger partial charge >= 0.3 is 5.97 Å². The van der Waals surface area contributed by atoms with E-state index in [1.807, 2.05) is 16.8 Å². The number of benzene rings is 1. The maximum absolute atomic E-state index is 11.8. The number of rotatable bonds is 5. The number of ketones is 1. The first-order valence-electron chi connectivity index (χ1n) is 5.91. The van der Waals surface area contributed by atoms with Crippen LogP contribution in [0.1, 0.15) is 15.9 Å². The van der Waals surface area contributed by atoms with Gasteiger partial charge in [-0.05, 0) is 46.7 Å². The summed E-state index contributed by atoms with van der Waals surface area (Å²) in [6, 6.07) is 6.37. The molecular weight excluding hydrogens is 331 g/mol. The number of carbonyl (C=O) groups is 2. The van der Waals surface area contributed by atoms with Crippen LogP contribution in [0.5, 0.6) is 0 Å². The fourth-order valence-electron chi connectivity index (χ4n) is 1.47. The minimum Gasteiger partial charge on any atom is -0.454 e. The number of thiophene rings is 1. The summed E-state index contributed by atoms with van der Waals surface area (Å²) in [6.07, 6.45) is 2.91. The van der Waals surface area contributed by atoms with Crippen LogP contribution < -0.4 is 0 Å². The van der Waals surface area contributed by atoms with Gasteiger partial charge in [-0.15, -0.1) is 0 Å². The second kappa shape index (κ2) is 7.41. The van der Waals surface area contributed by atoms with Gasteiger partial charge in [0.25, 0.3) is 0 Å². The van der Waals surface area contributed by atoms with Gasteiger partial charge < -0.3 is 4.74 Å². The van der Waals surface area contributed by atoms with E-state index in [-0.39, 0.29) is 17.4 Å². The van der Waals surface area contributed by atoms with Crippen molar-refractivity contribution in [3.63, 3.8) is 0 Å². The van der Waals surface area contributed by atoms with E-state index >= 15 is 0 Å². The van der Waals surface area contributed by atoms with Crippen LogP contribution in [-0.2, 0) is 9.53 Å². The van der Waals surface area contributed by atoms with Gasteiger partial charge in [-0.3, -0.25) is 4.79 Å². The molecule has 6 heteroatoms. The van der Waals surface area contributed by atoms with Crippen LogP contribution in [0.25, 0.3) is 6.08 Å². The molecule has 1 heterocycles. The van der Waals surface area contributed by atoms with Crippen LogP contribution in [0.2, 0.25) is 10.0 Å². The van der Waals surface area contributed by atoms with Crippen molar-refractivity contribution in [2.75, 3.05) is 6.61 Å². The Balaban J connectivity index is 1.88. The molecule has 3 nitrogen and oxygen atoms in total. The minimum absolute atomic E-state index is 0.284. The quantitative estimate of drug-likeness (QED) is 0.457. The summed E-state index contributed by atoms with van der Waals surface area (Å²) in [6.45, 7) is -0.342. The molecular formula is C15H10Cl2O3S. The van der Waals surface area contributed by atoms with Gasteiger partial charge in [0, 0.05) is 11.6 Å². The first-order valence-corrected chi connectivity index (χ1v) is 7.61. The number of hydrogen-bond donors (Lipinski definition) is 0. The van der Waals surface area contributed by atoms with Gasteiger partial charge in [-0.25, -0.2) is 4.79 Å². The van der Waals surface area contributed by atoms with Gasteiger partial charge in [0.2, 0.25) is 0 Å². The van der Waals surface area contributed by atoms with Crippen molar-refractivity contribution >= 4 is 52.4 Å². The molecule has 0 aliphatic rings. The Kier molecular flexibility index (Phi) is 5.56. The van der Waals surface area contributed by atoms with Crippen molar-refractivity contribution in [2.45, 2.75) is 0 Å². The summed E-state index contributed by atoms with van der Waals surface area (Å²) < 4.78 is 4.88. The van der Waals surface area contributed by atoms with E-state index in [4.69, 9.17) is 27.9 Å². The van der Waals surface area contributed by atoms with Crippen LogP contribution in [0.15, 0.2) is 41.1 Å². The summed E-state index contributed by atoms with van der Waals surface area (Å²) in [5.41, 5.74) is 1.26. The van der Waals surface area contributed by atoms with Crippen LogP contribution in [0.4, 0.5) is 0 Å². The number of carbonyl (C=O) groups excluding carboxylic acids is 2. The third kappa shape index (κ3) is 4.70. The van der Waals surface area contributed by atoms with E-state index in [0.717, 1.165) is 5.56 Å². The zero-order valence-electron chi connectivity index (χ0n) is 10.7. The highest BCUT2D eigenvalue weighted by atomic mass is 35.5. The molecule has 1 aromatic heterocycles. The zero-order valence-corrected chi connectivity index (χ0v) is 13.0. The average molecular weight is 341 g/mol. The van der Waals surface area contributed by atoms with E-state index in [1.54, 1.807) is 6.08 Å². The van der Waals surface area contributed by atoms with Crippen molar-refractivity contribution in [2.24, 2.45) is 0 Å². The topological polar surface area (TPSA) is 43.4 Å². The molecule has 21 heavy (non-hydrogen) atoms. The number of halogens is 2. The summed E-state index contributed by atoms with van der Waals surface area (Å²) in [4.78, 5) is 23.3. The first kappa shape index (κ1) is 15.8. The lowest BCUT2D eigenvalue weighted by atomic mass is 10.1. The molecule has 0 radical (unpaired) electrons. The zero-order chi connectivity index (χ0) is 15.2. The molecule has 1 aromatic carbocycles. The van der Waals surface area contributed by atoms with Gasteiger partial charge in [0.1, 0.15) is 0 Å². The number of esters is 1. The standard InChI is InChI=1S/C15H10Cl2O3S/c16-12-3-2-11(7-13(12)17)14(18)8-20-15(19)4-1-10-5-6-21-9-10/h1-7,9H,8H2/b4-1+. The maximum Gasteiger partial charge on any atom is 0.331 e. The normalized spacial score (nSPS) is 10.8. The van der Waals surface area contributed by atoms with Crippen molar-refractivity contribution in [1.82, 2.24) is 0 Å². The molecule has 108 valence electrons.